The maximum atomic E-state index is 5.67. The summed E-state index contributed by atoms with van der Waals surface area (Å²) in [6.07, 6.45) is 7.89. The molecule has 3 nitrogen and oxygen atoms in total. The first kappa shape index (κ1) is 11.0. The van der Waals surface area contributed by atoms with Crippen LogP contribution in [0.5, 0.6) is 0 Å². The summed E-state index contributed by atoms with van der Waals surface area (Å²) in [5.41, 5.74) is 6.51. The Kier molecular flexibility index (Phi) is 6.19. The second-order valence-corrected chi connectivity index (χ2v) is 2.90. The van der Waals surface area contributed by atoms with Crippen LogP contribution in [0.3, 0.4) is 0 Å². The highest BCUT2D eigenvalue weighted by atomic mass is 15.4. The molecule has 0 spiro atoms. The van der Waals surface area contributed by atoms with E-state index in [-0.39, 0.29) is 0 Å². The minimum atomic E-state index is 0.837. The van der Waals surface area contributed by atoms with Crippen molar-refractivity contribution in [2.45, 2.75) is 25.7 Å². The smallest absolute Gasteiger partial charge is 0.0339 e. The summed E-state index contributed by atoms with van der Waals surface area (Å²) in [6, 6.07) is 0. The molecule has 0 unspecified atom stereocenters. The van der Waals surface area contributed by atoms with Crippen LogP contribution in [0.2, 0.25) is 0 Å². The van der Waals surface area contributed by atoms with Gasteiger partial charge in [-0.3, -0.25) is 0 Å². The molecular formula is C9H19N3. The quantitative estimate of drug-likeness (QED) is 0.273. The molecular weight excluding hydrogens is 150 g/mol. The zero-order valence-electron chi connectivity index (χ0n) is 7.79. The Morgan fingerprint density at radius 2 is 2.17 bits per heavy atom. The van der Waals surface area contributed by atoms with Crippen LogP contribution in [0.25, 0.3) is 0 Å². The van der Waals surface area contributed by atoms with Gasteiger partial charge in [-0.15, -0.1) is 6.58 Å². The van der Waals surface area contributed by atoms with E-state index in [4.69, 9.17) is 11.6 Å². The lowest BCUT2D eigenvalue weighted by Crippen LogP contribution is -2.20. The minimum Gasteiger partial charge on any atom is -0.401 e. The van der Waals surface area contributed by atoms with Gasteiger partial charge in [-0.05, 0) is 25.7 Å². The molecule has 4 N–H and O–H groups in total. The molecule has 0 aromatic heterocycles. The van der Waals surface area contributed by atoms with Gasteiger partial charge < -0.3 is 10.7 Å². The third-order valence-electron chi connectivity index (χ3n) is 1.49. The van der Waals surface area contributed by atoms with Gasteiger partial charge >= 0.3 is 0 Å². The molecule has 0 saturated heterocycles. The van der Waals surface area contributed by atoms with Gasteiger partial charge in [0, 0.05) is 18.9 Å². The first-order valence-corrected chi connectivity index (χ1v) is 4.21. The molecule has 0 heterocycles. The van der Waals surface area contributed by atoms with E-state index in [1.807, 2.05) is 6.08 Å². The van der Waals surface area contributed by atoms with Crippen molar-refractivity contribution in [3.05, 3.63) is 24.6 Å². The summed E-state index contributed by atoms with van der Waals surface area (Å²) in [4.78, 5) is 0. The molecule has 0 fully saturated rings. The van der Waals surface area contributed by atoms with Crippen LogP contribution in [-0.2, 0) is 0 Å². The second-order valence-electron chi connectivity index (χ2n) is 2.90. The minimum absolute atomic E-state index is 0.837. The molecule has 0 radical (unpaired) electrons. The van der Waals surface area contributed by atoms with E-state index in [2.05, 4.69) is 6.58 Å². The van der Waals surface area contributed by atoms with Crippen molar-refractivity contribution >= 4 is 0 Å². The normalized spacial score (nSPS) is 11.3. The molecule has 0 bridgehead atoms. The zero-order valence-corrected chi connectivity index (χ0v) is 7.79. The average Bonchev–Trinajstić information content (AvgIpc) is 1.97. The van der Waals surface area contributed by atoms with Crippen molar-refractivity contribution in [2.75, 3.05) is 7.05 Å². The largest absolute Gasteiger partial charge is 0.401 e. The Balaban J connectivity index is 3.43. The highest BCUT2D eigenvalue weighted by Crippen LogP contribution is 2.04. The van der Waals surface area contributed by atoms with Crippen LogP contribution in [0.1, 0.15) is 25.7 Å². The van der Waals surface area contributed by atoms with Gasteiger partial charge in [0.1, 0.15) is 0 Å². The average molecular weight is 169 g/mol. The molecule has 0 aliphatic rings. The molecule has 0 rings (SSSR count). The van der Waals surface area contributed by atoms with Gasteiger partial charge in [-0.2, -0.15) is 0 Å². The number of allylic oxidation sites excluding steroid dienone is 2. The third kappa shape index (κ3) is 7.15. The van der Waals surface area contributed by atoms with E-state index in [1.54, 1.807) is 13.2 Å². The van der Waals surface area contributed by atoms with Crippen LogP contribution in [-0.4, -0.2) is 12.1 Å². The Labute approximate surface area is 74.7 Å². The number of unbranched alkanes of at least 4 members (excludes halogenated alkanes) is 2. The predicted octanol–water partition coefficient (Wildman–Crippen LogP) is 1.34. The second kappa shape index (κ2) is 6.73. The van der Waals surface area contributed by atoms with Crippen molar-refractivity contribution in [3.63, 3.8) is 0 Å². The molecule has 3 heteroatoms. The summed E-state index contributed by atoms with van der Waals surface area (Å²) in [6.45, 7) is 3.65. The lowest BCUT2D eigenvalue weighted by molar-refractivity contribution is 0.476. The number of hydrogen-bond donors (Lipinski definition) is 2. The monoisotopic (exact) mass is 169 g/mol. The Morgan fingerprint density at radius 1 is 1.50 bits per heavy atom. The molecule has 12 heavy (non-hydrogen) atoms. The third-order valence-corrected chi connectivity index (χ3v) is 1.49. The molecule has 0 aliphatic heterocycles. The van der Waals surface area contributed by atoms with Gasteiger partial charge in [0.15, 0.2) is 0 Å². The van der Waals surface area contributed by atoms with Crippen LogP contribution in [0.4, 0.5) is 0 Å². The Bertz CT molecular complexity index is 150. The summed E-state index contributed by atoms with van der Waals surface area (Å²) >= 11 is 0. The molecule has 0 aliphatic carbocycles. The summed E-state index contributed by atoms with van der Waals surface area (Å²) in [7, 11) is 1.76. The van der Waals surface area contributed by atoms with Crippen molar-refractivity contribution in [1.82, 2.24) is 5.01 Å². The maximum Gasteiger partial charge on any atom is 0.0339 e. The predicted molar refractivity (Wildman–Crippen MR) is 52.9 cm³/mol. The molecule has 0 aromatic carbocycles. The van der Waals surface area contributed by atoms with Gasteiger partial charge in [0.25, 0.3) is 0 Å². The summed E-state index contributed by atoms with van der Waals surface area (Å²) in [5, 5.41) is 1.48. The molecule has 70 valence electrons. The molecule has 0 aromatic rings. The number of hydrazine groups is 1. The highest BCUT2D eigenvalue weighted by molar-refractivity contribution is 4.93. The lowest BCUT2D eigenvalue weighted by Gasteiger charge is -2.07. The topological polar surface area (TPSA) is 55.3 Å². The van der Waals surface area contributed by atoms with Gasteiger partial charge in [-0.1, -0.05) is 6.08 Å². The SMILES string of the molecule is C=CCCCC/C(N)=C/N(C)N. The van der Waals surface area contributed by atoms with Gasteiger partial charge in [-0.25, -0.2) is 5.84 Å². The standard InChI is InChI=1S/C9H19N3/c1-3-4-5-6-7-9(10)8-12(2)11/h3,8H,1,4-7,10-11H2,2H3/b9-8-. The Morgan fingerprint density at radius 3 is 2.67 bits per heavy atom. The summed E-state index contributed by atoms with van der Waals surface area (Å²) < 4.78 is 0. The number of hydrogen-bond acceptors (Lipinski definition) is 3. The lowest BCUT2D eigenvalue weighted by atomic mass is 10.1. The molecule has 0 saturated carbocycles. The van der Waals surface area contributed by atoms with E-state index in [0.717, 1.165) is 31.4 Å². The van der Waals surface area contributed by atoms with Crippen LogP contribution < -0.4 is 11.6 Å². The number of nitrogens with two attached hydrogens (primary N) is 2. The zero-order chi connectivity index (χ0) is 9.40. The highest BCUT2D eigenvalue weighted by Gasteiger charge is 1.91. The summed E-state index contributed by atoms with van der Waals surface area (Å²) in [5.74, 6) is 5.38. The first-order valence-electron chi connectivity index (χ1n) is 4.21. The van der Waals surface area contributed by atoms with Crippen LogP contribution >= 0.6 is 0 Å². The number of rotatable bonds is 6. The van der Waals surface area contributed by atoms with Crippen molar-refractivity contribution < 1.29 is 0 Å². The van der Waals surface area contributed by atoms with Crippen molar-refractivity contribution in [3.8, 4) is 0 Å². The fourth-order valence-corrected chi connectivity index (χ4v) is 0.944. The van der Waals surface area contributed by atoms with E-state index in [9.17, 15) is 0 Å². The van der Waals surface area contributed by atoms with Gasteiger partial charge in [0.05, 0.1) is 0 Å². The van der Waals surface area contributed by atoms with E-state index in [0.29, 0.717) is 0 Å². The Hall–Kier alpha value is -0.960. The fraction of sp³-hybridized carbons (Fsp3) is 0.556. The van der Waals surface area contributed by atoms with Crippen LogP contribution in [0.15, 0.2) is 24.6 Å². The molecule has 0 atom stereocenters. The van der Waals surface area contributed by atoms with E-state index in [1.165, 1.54) is 5.01 Å². The van der Waals surface area contributed by atoms with E-state index >= 15 is 0 Å². The fourth-order valence-electron chi connectivity index (χ4n) is 0.944. The van der Waals surface area contributed by atoms with Crippen LogP contribution in [0, 0.1) is 0 Å². The maximum absolute atomic E-state index is 5.67. The van der Waals surface area contributed by atoms with Crippen molar-refractivity contribution in [2.24, 2.45) is 11.6 Å². The first-order chi connectivity index (χ1) is 5.66. The van der Waals surface area contributed by atoms with Crippen molar-refractivity contribution in [1.29, 1.82) is 0 Å². The van der Waals surface area contributed by atoms with Gasteiger partial charge in [0.2, 0.25) is 0 Å². The number of nitrogens with zero attached hydrogens (tertiary/aromatic N) is 1. The molecule has 0 amide bonds. The van der Waals surface area contributed by atoms with E-state index < -0.39 is 0 Å².